The monoisotopic (exact) mass is 205 g/mol. The van der Waals surface area contributed by atoms with Crippen molar-refractivity contribution in [2.75, 3.05) is 0 Å². The minimum atomic E-state index is -1.70. The van der Waals surface area contributed by atoms with Gasteiger partial charge in [-0.15, -0.1) is 5.06 Å². The van der Waals surface area contributed by atoms with E-state index >= 15 is 0 Å². The maximum Gasteiger partial charge on any atom is 0.434 e. The molecule has 7 heteroatoms. The van der Waals surface area contributed by atoms with E-state index in [0.717, 1.165) is 0 Å². The molecule has 4 nitrogen and oxygen atoms in total. The van der Waals surface area contributed by atoms with Crippen LogP contribution in [0.5, 0.6) is 0 Å². The SMILES string of the molecule is O=C(O)N1OC1C(Cl)(Cl)Cl. The van der Waals surface area contributed by atoms with E-state index in [1.165, 1.54) is 0 Å². The Kier molecular flexibility index (Phi) is 1.89. The third-order valence-electron chi connectivity index (χ3n) is 0.849. The van der Waals surface area contributed by atoms with Gasteiger partial charge in [0.15, 0.2) is 0 Å². The first-order valence-electron chi connectivity index (χ1n) is 2.18. The van der Waals surface area contributed by atoms with Crippen LogP contribution in [-0.2, 0) is 4.84 Å². The van der Waals surface area contributed by atoms with Crippen LogP contribution >= 0.6 is 34.8 Å². The van der Waals surface area contributed by atoms with Gasteiger partial charge in [0.1, 0.15) is 0 Å². The number of rotatable bonds is 0. The van der Waals surface area contributed by atoms with Crippen molar-refractivity contribution in [2.24, 2.45) is 0 Å². The van der Waals surface area contributed by atoms with Crippen molar-refractivity contribution >= 4 is 40.9 Å². The summed E-state index contributed by atoms with van der Waals surface area (Å²) in [6.07, 6.45) is -2.23. The Bertz CT molecular complexity index is 167. The zero-order valence-electron chi connectivity index (χ0n) is 4.42. The predicted octanol–water partition coefficient (Wildman–Crippen LogP) is 1.61. The van der Waals surface area contributed by atoms with Crippen molar-refractivity contribution in [3.05, 3.63) is 0 Å². The summed E-state index contributed by atoms with van der Waals surface area (Å²) in [5.41, 5.74) is 0. The van der Waals surface area contributed by atoms with Crippen LogP contribution in [0.2, 0.25) is 0 Å². The molecule has 0 bridgehead atoms. The number of carbonyl (C=O) groups is 1. The summed E-state index contributed by atoms with van der Waals surface area (Å²) in [4.78, 5) is 14.4. The summed E-state index contributed by atoms with van der Waals surface area (Å²) in [6.45, 7) is 0. The highest BCUT2D eigenvalue weighted by Gasteiger charge is 2.55. The Balaban J connectivity index is 2.46. The molecule has 0 radical (unpaired) electrons. The average molecular weight is 206 g/mol. The molecular weight excluding hydrogens is 204 g/mol. The lowest BCUT2D eigenvalue weighted by Crippen LogP contribution is -2.20. The summed E-state index contributed by atoms with van der Waals surface area (Å²) in [5.74, 6) is 0. The molecule has 1 atom stereocenters. The van der Waals surface area contributed by atoms with Gasteiger partial charge in [0.05, 0.1) is 0 Å². The van der Waals surface area contributed by atoms with Crippen molar-refractivity contribution in [1.29, 1.82) is 0 Å². The quantitative estimate of drug-likeness (QED) is 0.484. The number of alkyl halides is 3. The summed E-state index contributed by atoms with van der Waals surface area (Å²) in [5, 5.41) is 8.77. The zero-order valence-corrected chi connectivity index (χ0v) is 6.69. The molecule has 1 saturated heterocycles. The molecule has 1 fully saturated rings. The van der Waals surface area contributed by atoms with Gasteiger partial charge in [-0.1, -0.05) is 34.8 Å². The van der Waals surface area contributed by atoms with Crippen LogP contribution in [0.1, 0.15) is 0 Å². The van der Waals surface area contributed by atoms with E-state index in [2.05, 4.69) is 4.84 Å². The second-order valence-corrected chi connectivity index (χ2v) is 3.98. The molecule has 0 saturated carbocycles. The fourth-order valence-corrected chi connectivity index (χ4v) is 0.804. The molecule has 0 aromatic carbocycles. The molecule has 1 heterocycles. The van der Waals surface area contributed by atoms with Gasteiger partial charge >= 0.3 is 6.09 Å². The van der Waals surface area contributed by atoms with Crippen LogP contribution in [0, 0.1) is 0 Å². The van der Waals surface area contributed by atoms with E-state index in [0.29, 0.717) is 5.06 Å². The van der Waals surface area contributed by atoms with Crippen molar-refractivity contribution in [3.63, 3.8) is 0 Å². The summed E-state index contributed by atoms with van der Waals surface area (Å²) < 4.78 is -1.70. The van der Waals surface area contributed by atoms with Gasteiger partial charge in [0.25, 0.3) is 0 Å². The van der Waals surface area contributed by atoms with Gasteiger partial charge in [-0.3, -0.25) is 0 Å². The first-order valence-corrected chi connectivity index (χ1v) is 3.32. The summed E-state index contributed by atoms with van der Waals surface area (Å²) >= 11 is 15.8. The molecular formula is C3H2Cl3NO3. The third-order valence-corrected chi connectivity index (χ3v) is 1.41. The number of amides is 1. The molecule has 0 aromatic heterocycles. The first-order chi connectivity index (χ1) is 4.43. The van der Waals surface area contributed by atoms with E-state index < -0.39 is 16.1 Å². The number of hydrogen-bond donors (Lipinski definition) is 1. The lowest BCUT2D eigenvalue weighted by atomic mass is 10.7. The maximum atomic E-state index is 10.0. The molecule has 1 aliphatic rings. The highest BCUT2D eigenvalue weighted by atomic mass is 35.6. The zero-order chi connectivity index (χ0) is 7.94. The van der Waals surface area contributed by atoms with Crippen LogP contribution in [0.3, 0.4) is 0 Å². The maximum absolute atomic E-state index is 10.0. The van der Waals surface area contributed by atoms with Crippen molar-refractivity contribution in [2.45, 2.75) is 10.0 Å². The van der Waals surface area contributed by atoms with Gasteiger partial charge in [0.2, 0.25) is 10.0 Å². The summed E-state index contributed by atoms with van der Waals surface area (Å²) in [6, 6.07) is 0. The topological polar surface area (TPSA) is 52.8 Å². The number of nitrogens with zero attached hydrogens (tertiary/aromatic N) is 1. The fraction of sp³-hybridized carbons (Fsp3) is 0.667. The smallest absolute Gasteiger partial charge is 0.434 e. The minimum Gasteiger partial charge on any atom is -0.463 e. The van der Waals surface area contributed by atoms with Gasteiger partial charge in [0, 0.05) is 0 Å². The van der Waals surface area contributed by atoms with E-state index in [1.54, 1.807) is 0 Å². The predicted molar refractivity (Wildman–Crippen MR) is 35.0 cm³/mol. The molecule has 1 rings (SSSR count). The Hall–Kier alpha value is 0.1000. The molecule has 1 unspecified atom stereocenters. The third kappa shape index (κ3) is 1.58. The Morgan fingerprint density at radius 3 is 2.20 bits per heavy atom. The normalized spacial score (nSPS) is 24.7. The first kappa shape index (κ1) is 8.20. The highest BCUT2D eigenvalue weighted by Crippen LogP contribution is 2.42. The van der Waals surface area contributed by atoms with E-state index in [-0.39, 0.29) is 0 Å². The number of halogens is 3. The largest absolute Gasteiger partial charge is 0.463 e. The second kappa shape index (κ2) is 2.30. The second-order valence-electron chi connectivity index (χ2n) is 1.61. The lowest BCUT2D eigenvalue weighted by Gasteiger charge is -2.02. The van der Waals surface area contributed by atoms with Crippen LogP contribution in [0.15, 0.2) is 0 Å². The van der Waals surface area contributed by atoms with Crippen LogP contribution in [0.25, 0.3) is 0 Å². The van der Waals surface area contributed by atoms with Crippen molar-refractivity contribution in [3.8, 4) is 0 Å². The molecule has 1 amide bonds. The summed E-state index contributed by atoms with van der Waals surface area (Å²) in [7, 11) is 0. The van der Waals surface area contributed by atoms with E-state index in [1.807, 2.05) is 0 Å². The Labute approximate surface area is 71.2 Å². The minimum absolute atomic E-state index is 0.562. The van der Waals surface area contributed by atoms with Crippen molar-refractivity contribution < 1.29 is 14.7 Å². The van der Waals surface area contributed by atoms with Gasteiger partial charge in [-0.2, -0.15) is 0 Å². The highest BCUT2D eigenvalue weighted by molar-refractivity contribution is 6.68. The van der Waals surface area contributed by atoms with Crippen LogP contribution < -0.4 is 0 Å². The van der Waals surface area contributed by atoms with E-state index in [9.17, 15) is 4.79 Å². The van der Waals surface area contributed by atoms with Gasteiger partial charge < -0.3 is 5.11 Å². The van der Waals surface area contributed by atoms with Gasteiger partial charge in [-0.05, 0) is 0 Å². The molecule has 58 valence electrons. The number of hydrogen-bond acceptors (Lipinski definition) is 2. The molecule has 1 N–H and O–H groups in total. The number of hydroxylamine groups is 2. The van der Waals surface area contributed by atoms with Crippen LogP contribution in [-0.4, -0.2) is 26.3 Å². The number of carboxylic acid groups (broad SMARTS) is 1. The van der Waals surface area contributed by atoms with Crippen LogP contribution in [0.4, 0.5) is 4.79 Å². The molecule has 10 heavy (non-hydrogen) atoms. The standard InChI is InChI=1S/C3H2Cl3NO3/c4-3(5,6)1-7(10-1)2(8)9/h1H,(H,8,9). The molecule has 0 spiro atoms. The van der Waals surface area contributed by atoms with E-state index in [4.69, 9.17) is 39.9 Å². The molecule has 1 aliphatic heterocycles. The Morgan fingerprint density at radius 2 is 2.10 bits per heavy atom. The lowest BCUT2D eigenvalue weighted by molar-refractivity contribution is 0.130. The average Bonchev–Trinajstić information content (AvgIpc) is 2.35. The Morgan fingerprint density at radius 1 is 1.60 bits per heavy atom. The van der Waals surface area contributed by atoms with Crippen molar-refractivity contribution in [1.82, 2.24) is 5.06 Å². The fourth-order valence-electron chi connectivity index (χ4n) is 0.418. The molecule has 0 aromatic rings. The molecule has 0 aliphatic carbocycles. The van der Waals surface area contributed by atoms with Gasteiger partial charge in [-0.25, -0.2) is 9.63 Å².